The van der Waals surface area contributed by atoms with Crippen molar-refractivity contribution in [3.63, 3.8) is 0 Å². The van der Waals surface area contributed by atoms with Gasteiger partial charge in [-0.3, -0.25) is 4.98 Å². The molecule has 0 bridgehead atoms. The maximum Gasteiger partial charge on any atom is 0.0897 e. The number of aliphatic hydroxyl groups excluding tert-OH is 1. The number of aromatic nitrogens is 1. The first-order chi connectivity index (χ1) is 9.74. The zero-order valence-electron chi connectivity index (χ0n) is 12.0. The number of ether oxygens (including phenoxy) is 2. The van der Waals surface area contributed by atoms with Gasteiger partial charge in [0, 0.05) is 31.6 Å². The van der Waals surface area contributed by atoms with E-state index in [1.165, 1.54) is 0 Å². The van der Waals surface area contributed by atoms with Crippen LogP contribution < -0.4 is 5.32 Å². The summed E-state index contributed by atoms with van der Waals surface area (Å²) in [5, 5.41) is 13.0. The van der Waals surface area contributed by atoms with Crippen molar-refractivity contribution in [3.8, 4) is 0 Å². The van der Waals surface area contributed by atoms with Gasteiger partial charge in [-0.2, -0.15) is 0 Å². The highest BCUT2D eigenvalue weighted by atomic mass is 16.5. The van der Waals surface area contributed by atoms with Gasteiger partial charge in [0.15, 0.2) is 0 Å². The molecular formula is C15H24N2O3. The van der Waals surface area contributed by atoms with Gasteiger partial charge in [0.1, 0.15) is 0 Å². The van der Waals surface area contributed by atoms with Crippen LogP contribution in [0.3, 0.4) is 0 Å². The molecule has 5 nitrogen and oxygen atoms in total. The van der Waals surface area contributed by atoms with Crippen LogP contribution in [0.2, 0.25) is 0 Å². The lowest BCUT2D eigenvalue weighted by molar-refractivity contribution is -0.0164. The molecule has 2 unspecified atom stereocenters. The number of nitrogens with zero attached hydrogens (tertiary/aromatic N) is 1. The van der Waals surface area contributed by atoms with Crippen molar-refractivity contribution in [3.05, 3.63) is 29.6 Å². The molecule has 5 heteroatoms. The molecule has 2 N–H and O–H groups in total. The summed E-state index contributed by atoms with van der Waals surface area (Å²) in [7, 11) is 0. The van der Waals surface area contributed by atoms with Crippen LogP contribution >= 0.6 is 0 Å². The lowest BCUT2D eigenvalue weighted by Crippen LogP contribution is -2.31. The first-order valence-electron chi connectivity index (χ1n) is 7.23. The predicted molar refractivity (Wildman–Crippen MR) is 76.5 cm³/mol. The standard InChI is InChI=1S/C15H24N2O3/c1-12-4-5-13(8-17-12)7-16-9-14(18)10-19-11-15-3-2-6-20-15/h4-5,8,14-16,18H,2-3,6-7,9-11H2,1H3. The second-order valence-corrected chi connectivity index (χ2v) is 5.27. The van der Waals surface area contributed by atoms with Crippen molar-refractivity contribution >= 4 is 0 Å². The zero-order chi connectivity index (χ0) is 14.2. The predicted octanol–water partition coefficient (Wildman–Crippen LogP) is 1.04. The van der Waals surface area contributed by atoms with Crippen molar-refractivity contribution < 1.29 is 14.6 Å². The summed E-state index contributed by atoms with van der Waals surface area (Å²) < 4.78 is 10.9. The van der Waals surface area contributed by atoms with Gasteiger partial charge < -0.3 is 19.9 Å². The van der Waals surface area contributed by atoms with Gasteiger partial charge in [0.05, 0.1) is 25.4 Å². The fourth-order valence-electron chi connectivity index (χ4n) is 2.16. The van der Waals surface area contributed by atoms with Gasteiger partial charge in [0.2, 0.25) is 0 Å². The molecule has 0 aromatic carbocycles. The first-order valence-corrected chi connectivity index (χ1v) is 7.23. The Morgan fingerprint density at radius 3 is 3.15 bits per heavy atom. The van der Waals surface area contributed by atoms with Crippen molar-refractivity contribution in [2.75, 3.05) is 26.4 Å². The molecule has 20 heavy (non-hydrogen) atoms. The van der Waals surface area contributed by atoms with Gasteiger partial charge in [-0.1, -0.05) is 6.07 Å². The lowest BCUT2D eigenvalue weighted by atomic mass is 10.2. The molecule has 1 aliphatic heterocycles. The van der Waals surface area contributed by atoms with Crippen LogP contribution in [0.1, 0.15) is 24.1 Å². The van der Waals surface area contributed by atoms with Gasteiger partial charge in [-0.25, -0.2) is 0 Å². The third-order valence-corrected chi connectivity index (χ3v) is 3.32. The summed E-state index contributed by atoms with van der Waals surface area (Å²) in [6.07, 6.45) is 3.75. The maximum atomic E-state index is 9.80. The Morgan fingerprint density at radius 1 is 1.55 bits per heavy atom. The highest BCUT2D eigenvalue weighted by molar-refractivity contribution is 5.12. The fourth-order valence-corrected chi connectivity index (χ4v) is 2.16. The van der Waals surface area contributed by atoms with E-state index < -0.39 is 6.10 Å². The molecule has 2 heterocycles. The Hall–Kier alpha value is -1.01. The number of aliphatic hydroxyl groups is 1. The number of pyridine rings is 1. The first kappa shape index (κ1) is 15.4. The molecule has 1 aromatic heterocycles. The molecule has 0 radical (unpaired) electrons. The Kier molecular flexibility index (Phi) is 6.39. The van der Waals surface area contributed by atoms with E-state index >= 15 is 0 Å². The molecule has 2 atom stereocenters. The topological polar surface area (TPSA) is 63.6 Å². The number of rotatable bonds is 8. The molecule has 2 rings (SSSR count). The third-order valence-electron chi connectivity index (χ3n) is 3.32. The van der Waals surface area contributed by atoms with Crippen LogP contribution in [-0.4, -0.2) is 48.7 Å². The minimum absolute atomic E-state index is 0.216. The summed E-state index contributed by atoms with van der Waals surface area (Å²) in [5.74, 6) is 0. The third kappa shape index (κ3) is 5.54. The Labute approximate surface area is 120 Å². The number of nitrogens with one attached hydrogen (secondary N) is 1. The molecule has 1 aliphatic rings. The molecule has 0 amide bonds. The molecule has 0 spiro atoms. The zero-order valence-corrected chi connectivity index (χ0v) is 12.0. The minimum atomic E-state index is -0.491. The van der Waals surface area contributed by atoms with E-state index in [9.17, 15) is 5.11 Å². The summed E-state index contributed by atoms with van der Waals surface area (Å²) in [5.41, 5.74) is 2.12. The van der Waals surface area contributed by atoms with E-state index in [1.54, 1.807) is 0 Å². The Balaban J connectivity index is 1.53. The highest BCUT2D eigenvalue weighted by Crippen LogP contribution is 2.11. The van der Waals surface area contributed by atoms with Crippen molar-refractivity contribution in [2.24, 2.45) is 0 Å². The maximum absolute atomic E-state index is 9.80. The smallest absolute Gasteiger partial charge is 0.0897 e. The quantitative estimate of drug-likeness (QED) is 0.745. The average Bonchev–Trinajstić information content (AvgIpc) is 2.94. The van der Waals surface area contributed by atoms with Gasteiger partial charge in [-0.15, -0.1) is 0 Å². The highest BCUT2D eigenvalue weighted by Gasteiger charge is 2.15. The number of hydrogen-bond acceptors (Lipinski definition) is 5. The van der Waals surface area contributed by atoms with Crippen LogP contribution in [0, 0.1) is 6.92 Å². The van der Waals surface area contributed by atoms with Crippen molar-refractivity contribution in [1.29, 1.82) is 0 Å². The Morgan fingerprint density at radius 2 is 2.45 bits per heavy atom. The van der Waals surface area contributed by atoms with Crippen LogP contribution in [0.15, 0.2) is 18.3 Å². The van der Waals surface area contributed by atoms with E-state index in [1.807, 2.05) is 25.3 Å². The van der Waals surface area contributed by atoms with E-state index in [-0.39, 0.29) is 6.10 Å². The fraction of sp³-hybridized carbons (Fsp3) is 0.667. The summed E-state index contributed by atoms with van der Waals surface area (Å²) >= 11 is 0. The normalized spacial score (nSPS) is 20.2. The van der Waals surface area contributed by atoms with Gasteiger partial charge in [0.25, 0.3) is 0 Å². The molecule has 1 fully saturated rings. The lowest BCUT2D eigenvalue weighted by Gasteiger charge is -2.14. The van der Waals surface area contributed by atoms with E-state index in [0.717, 1.165) is 30.7 Å². The van der Waals surface area contributed by atoms with Crippen LogP contribution in [0.5, 0.6) is 0 Å². The van der Waals surface area contributed by atoms with E-state index in [0.29, 0.717) is 26.3 Å². The Bertz CT molecular complexity index is 377. The summed E-state index contributed by atoms with van der Waals surface area (Å²) in [4.78, 5) is 4.23. The molecule has 1 aromatic rings. The van der Waals surface area contributed by atoms with E-state index in [2.05, 4.69) is 10.3 Å². The van der Waals surface area contributed by atoms with Crippen LogP contribution in [0.25, 0.3) is 0 Å². The number of hydrogen-bond donors (Lipinski definition) is 2. The molecule has 1 saturated heterocycles. The van der Waals surface area contributed by atoms with E-state index in [4.69, 9.17) is 9.47 Å². The summed E-state index contributed by atoms with van der Waals surface area (Å²) in [6, 6.07) is 4.02. The van der Waals surface area contributed by atoms with Crippen molar-refractivity contribution in [2.45, 2.75) is 38.5 Å². The second-order valence-electron chi connectivity index (χ2n) is 5.27. The number of aryl methyl sites for hydroxylation is 1. The van der Waals surface area contributed by atoms with Crippen LogP contribution in [-0.2, 0) is 16.0 Å². The van der Waals surface area contributed by atoms with Crippen molar-refractivity contribution in [1.82, 2.24) is 10.3 Å². The SMILES string of the molecule is Cc1ccc(CNCC(O)COCC2CCCO2)cn1. The molecule has 0 aliphatic carbocycles. The average molecular weight is 280 g/mol. The largest absolute Gasteiger partial charge is 0.389 e. The van der Waals surface area contributed by atoms with Crippen LogP contribution in [0.4, 0.5) is 0 Å². The second kappa shape index (κ2) is 8.32. The molecule has 112 valence electrons. The monoisotopic (exact) mass is 280 g/mol. The summed E-state index contributed by atoms with van der Waals surface area (Å²) in [6.45, 7) is 4.95. The molecular weight excluding hydrogens is 256 g/mol. The molecule has 0 saturated carbocycles. The van der Waals surface area contributed by atoms with Gasteiger partial charge >= 0.3 is 0 Å². The van der Waals surface area contributed by atoms with Gasteiger partial charge in [-0.05, 0) is 31.4 Å². The minimum Gasteiger partial charge on any atom is -0.389 e.